The molecule has 4 atom stereocenters. The third-order valence-electron chi connectivity index (χ3n) is 8.88. The highest BCUT2D eigenvalue weighted by atomic mass is 16.6. The average Bonchev–Trinajstić information content (AvgIpc) is 3.78. The normalized spacial score (nSPS) is 23.3. The Morgan fingerprint density at radius 1 is 0.714 bits per heavy atom. The summed E-state index contributed by atoms with van der Waals surface area (Å²) in [6.45, 7) is 11.6. The lowest BCUT2D eigenvalue weighted by atomic mass is 10.0. The van der Waals surface area contributed by atoms with Crippen LogP contribution in [0, 0.1) is 0 Å². The summed E-state index contributed by atoms with van der Waals surface area (Å²) in [6, 6.07) is 8.96. The monoisotopic (exact) mass is 678 g/mol. The van der Waals surface area contributed by atoms with Gasteiger partial charge in [-0.2, -0.15) is 0 Å². The topological polar surface area (TPSA) is 181 Å². The molecule has 3 fully saturated rings. The number of rotatable bonds is 6. The van der Waals surface area contributed by atoms with Crippen molar-refractivity contribution >= 4 is 46.8 Å². The molecule has 3 aliphatic heterocycles. The molecular formula is C36H51N7O6. The number of nitrogens with one attached hydrogen (secondary N) is 3. The van der Waals surface area contributed by atoms with Gasteiger partial charge in [-0.05, 0) is 115 Å². The van der Waals surface area contributed by atoms with Crippen LogP contribution in [0.15, 0.2) is 36.4 Å². The van der Waals surface area contributed by atoms with Gasteiger partial charge in [0.05, 0.1) is 22.7 Å². The van der Waals surface area contributed by atoms with Crippen molar-refractivity contribution in [1.29, 1.82) is 0 Å². The van der Waals surface area contributed by atoms with Crippen molar-refractivity contribution in [3.63, 3.8) is 0 Å². The van der Waals surface area contributed by atoms with E-state index >= 15 is 0 Å². The lowest BCUT2D eigenvalue weighted by Crippen LogP contribution is -2.45. The average molecular weight is 679 g/mol. The molecule has 3 saturated heterocycles. The maximum Gasteiger partial charge on any atom is 0.410 e. The van der Waals surface area contributed by atoms with Gasteiger partial charge in [-0.3, -0.25) is 19.4 Å². The van der Waals surface area contributed by atoms with Crippen molar-refractivity contribution in [2.24, 2.45) is 0 Å². The Hall–Kier alpha value is -4.52. The molecule has 0 bridgehead atoms. The Morgan fingerprint density at radius 2 is 1.10 bits per heavy atom. The Kier molecular flexibility index (Phi) is 9.91. The van der Waals surface area contributed by atoms with Gasteiger partial charge in [0.1, 0.15) is 24.7 Å². The minimum atomic E-state index is -0.664. The van der Waals surface area contributed by atoms with E-state index < -0.39 is 35.5 Å². The van der Waals surface area contributed by atoms with Gasteiger partial charge in [-0.1, -0.05) is 12.1 Å². The van der Waals surface area contributed by atoms with Crippen molar-refractivity contribution in [3.8, 4) is 0 Å². The van der Waals surface area contributed by atoms with E-state index in [0.29, 0.717) is 74.4 Å². The lowest BCUT2D eigenvalue weighted by Gasteiger charge is -2.28. The van der Waals surface area contributed by atoms with Crippen molar-refractivity contribution < 1.29 is 30.1 Å². The smallest absolute Gasteiger partial charge is 0.410 e. The minimum Gasteiger partial charge on any atom is -0.444 e. The summed E-state index contributed by atoms with van der Waals surface area (Å²) >= 11 is 0. The molecule has 2 aromatic carbocycles. The van der Waals surface area contributed by atoms with Crippen LogP contribution in [0.1, 0.15) is 103 Å². The zero-order chi connectivity index (χ0) is 36.5. The fraction of sp³-hybridized carbons (Fsp3) is 0.556. The maximum atomic E-state index is 13.2. The predicted molar refractivity (Wildman–Crippen MR) is 189 cm³/mol. The third-order valence-corrected chi connectivity index (χ3v) is 8.88. The van der Waals surface area contributed by atoms with Gasteiger partial charge in [0.15, 0.2) is 0 Å². The van der Waals surface area contributed by atoms with Gasteiger partial charge in [0.2, 0.25) is 11.8 Å². The SMILES string of the molecule is [2H]N1C(c2ccc(NC(=O)C3CCCN3C(=O)OC(C)(C)C)c(N)c2)CCC1c1ccc(NC(=O)C2CCCN2C(=O)OC(C)(C)C)c(N)c1. The Morgan fingerprint density at radius 3 is 1.45 bits per heavy atom. The first-order chi connectivity index (χ1) is 23.4. The highest BCUT2D eigenvalue weighted by Crippen LogP contribution is 2.38. The second kappa shape index (κ2) is 14.1. The molecule has 3 heterocycles. The first-order valence-electron chi connectivity index (χ1n) is 17.5. The number of carbonyl (C=O) groups excluding carboxylic acids is 4. The van der Waals surface area contributed by atoms with Crippen molar-refractivity contribution in [3.05, 3.63) is 47.5 Å². The first-order valence-corrected chi connectivity index (χ1v) is 17.1. The summed E-state index contributed by atoms with van der Waals surface area (Å²) in [4.78, 5) is 54.7. The molecule has 4 unspecified atom stereocenters. The van der Waals surface area contributed by atoms with Crippen LogP contribution in [0.5, 0.6) is 0 Å². The molecule has 266 valence electrons. The molecule has 0 spiro atoms. The molecule has 5 rings (SSSR count). The van der Waals surface area contributed by atoms with Crippen LogP contribution in [-0.2, 0) is 19.1 Å². The molecule has 13 heteroatoms. The summed E-state index contributed by atoms with van der Waals surface area (Å²) in [5.41, 5.74) is 14.8. The summed E-state index contributed by atoms with van der Waals surface area (Å²) in [6.07, 6.45) is 2.84. The molecule has 7 N–H and O–H groups in total. The zero-order valence-electron chi connectivity index (χ0n) is 30.4. The molecule has 0 saturated carbocycles. The van der Waals surface area contributed by atoms with E-state index in [-0.39, 0.29) is 23.9 Å². The number of benzene rings is 2. The van der Waals surface area contributed by atoms with Gasteiger partial charge in [0, 0.05) is 25.2 Å². The number of nitrogens with two attached hydrogens (primary N) is 2. The lowest BCUT2D eigenvalue weighted by molar-refractivity contribution is -0.121. The van der Waals surface area contributed by atoms with Crippen LogP contribution in [0.25, 0.3) is 0 Å². The van der Waals surface area contributed by atoms with Gasteiger partial charge in [-0.25, -0.2) is 9.59 Å². The van der Waals surface area contributed by atoms with E-state index in [1.807, 2.05) is 12.1 Å². The molecule has 13 nitrogen and oxygen atoms in total. The van der Waals surface area contributed by atoms with Gasteiger partial charge < -0.3 is 36.9 Å². The van der Waals surface area contributed by atoms with Crippen molar-refractivity contribution in [1.82, 2.24) is 15.1 Å². The zero-order valence-corrected chi connectivity index (χ0v) is 29.4. The molecule has 0 aliphatic carbocycles. The second-order valence-corrected chi connectivity index (χ2v) is 15.1. The van der Waals surface area contributed by atoms with Crippen LogP contribution in [0.2, 0.25) is 1.41 Å². The summed E-state index contributed by atoms with van der Waals surface area (Å²) in [7, 11) is 0. The number of carbonyl (C=O) groups is 4. The van der Waals surface area contributed by atoms with E-state index in [1.165, 1.54) is 15.1 Å². The van der Waals surface area contributed by atoms with Crippen molar-refractivity contribution in [2.45, 2.75) is 115 Å². The Bertz CT molecular complexity index is 1510. The quantitative estimate of drug-likeness (QED) is 0.240. The largest absolute Gasteiger partial charge is 0.444 e. The van der Waals surface area contributed by atoms with Crippen LogP contribution in [-0.4, -0.2) is 70.2 Å². The van der Waals surface area contributed by atoms with E-state index in [4.69, 9.17) is 22.4 Å². The first kappa shape index (κ1) is 34.3. The van der Waals surface area contributed by atoms with Crippen LogP contribution in [0.4, 0.5) is 32.3 Å². The van der Waals surface area contributed by atoms with Crippen LogP contribution < -0.4 is 27.4 Å². The maximum absolute atomic E-state index is 13.2. The predicted octanol–water partition coefficient (Wildman–Crippen LogP) is 5.69. The number of hydrogen-bond acceptors (Lipinski definition) is 9. The van der Waals surface area contributed by atoms with E-state index in [0.717, 1.165) is 11.1 Å². The van der Waals surface area contributed by atoms with Gasteiger partial charge >= 0.3 is 12.2 Å². The number of nitrogens with zero attached hydrogens (tertiary/aromatic N) is 2. The number of likely N-dealkylation sites (tertiary alicyclic amines) is 2. The van der Waals surface area contributed by atoms with Crippen LogP contribution in [0.3, 0.4) is 0 Å². The highest BCUT2D eigenvalue weighted by molar-refractivity contribution is 6.00. The van der Waals surface area contributed by atoms with Crippen LogP contribution >= 0.6 is 0 Å². The molecule has 0 aromatic heterocycles. The number of ether oxygens (including phenoxy) is 2. The van der Waals surface area contributed by atoms with E-state index in [2.05, 4.69) is 10.6 Å². The fourth-order valence-corrected chi connectivity index (χ4v) is 6.58. The third kappa shape index (κ3) is 8.75. The number of nitrogen functional groups attached to an aromatic ring is 2. The number of anilines is 4. The summed E-state index contributed by atoms with van der Waals surface area (Å²) in [5, 5.41) is 7.30. The van der Waals surface area contributed by atoms with E-state index in [1.54, 1.807) is 65.8 Å². The summed E-state index contributed by atoms with van der Waals surface area (Å²) < 4.78 is 20.0. The Labute approximate surface area is 289 Å². The fourth-order valence-electron chi connectivity index (χ4n) is 6.58. The molecule has 4 amide bonds. The number of amides is 4. The molecule has 49 heavy (non-hydrogen) atoms. The van der Waals surface area contributed by atoms with Crippen molar-refractivity contribution in [2.75, 3.05) is 35.2 Å². The van der Waals surface area contributed by atoms with Gasteiger partial charge in [0.25, 0.3) is 0 Å². The molecule has 2 aromatic rings. The summed E-state index contributed by atoms with van der Waals surface area (Å²) in [5.74, 6) is -0.645. The molecule has 3 aliphatic rings. The van der Waals surface area contributed by atoms with Gasteiger partial charge in [-0.15, -0.1) is 0 Å². The Balaban J connectivity index is 1.20. The van der Waals surface area contributed by atoms with E-state index in [9.17, 15) is 19.2 Å². The standard InChI is InChI=1S/C36H51N7O6/c1-35(2,3)48-33(46)42-17-7-9-29(42)31(44)40-27-13-11-21(19-23(27)37)25-15-16-26(39-25)22-12-14-28(24(38)20-22)41-32(45)30-10-8-18-43(30)34(47)49-36(4,5)6/h11-14,19-20,25-26,29-30,39H,7-10,15-18,37-38H2,1-6H3,(H,40,44)(H,41,45)/i/hD. The second-order valence-electron chi connectivity index (χ2n) is 15.1. The molecular weight excluding hydrogens is 626 g/mol. The highest BCUT2D eigenvalue weighted by Gasteiger charge is 2.38. The molecule has 0 radical (unpaired) electrons. The number of hydrogen-bond donors (Lipinski definition) is 5. The minimum absolute atomic E-state index is 0.244.